The van der Waals surface area contributed by atoms with Crippen LogP contribution in [0, 0.1) is 13.7 Å². The van der Waals surface area contributed by atoms with Gasteiger partial charge in [-0.15, -0.1) is 13.2 Å². The van der Waals surface area contributed by atoms with Crippen molar-refractivity contribution in [2.45, 2.75) is 13.3 Å². The fourth-order valence-electron chi connectivity index (χ4n) is 1.17. The predicted octanol–water partition coefficient (Wildman–Crippen LogP) is 2.67. The fraction of sp³-hybridized carbons (Fsp3) is 0.333. The molecule has 0 amide bonds. The van der Waals surface area contributed by atoms with Gasteiger partial charge in [0.25, 0.3) is 0 Å². The summed E-state index contributed by atoms with van der Waals surface area (Å²) in [4.78, 5) is 24.3. The molecule has 0 bridgehead atoms. The topological polar surface area (TPSA) is 91.6 Å². The molecule has 20 heavy (non-hydrogen) atoms. The molecular formula is C9H6F3IN2O5. The van der Waals surface area contributed by atoms with Crippen LogP contribution in [0.25, 0.3) is 0 Å². The number of carbonyl (C=O) groups is 1. The third-order valence-corrected chi connectivity index (χ3v) is 2.65. The number of hydrogen-bond donors (Lipinski definition) is 0. The van der Waals surface area contributed by atoms with Gasteiger partial charge in [-0.05, 0) is 34.4 Å². The van der Waals surface area contributed by atoms with Crippen LogP contribution in [-0.4, -0.2) is 28.8 Å². The monoisotopic (exact) mass is 406 g/mol. The van der Waals surface area contributed by atoms with Crippen LogP contribution in [-0.2, 0) is 4.74 Å². The molecule has 0 aromatic carbocycles. The second-order valence-corrected chi connectivity index (χ2v) is 4.33. The Labute approximate surface area is 123 Å². The first-order chi connectivity index (χ1) is 9.15. The maximum atomic E-state index is 12.1. The van der Waals surface area contributed by atoms with Crippen LogP contribution in [0.3, 0.4) is 0 Å². The quantitative estimate of drug-likeness (QED) is 0.331. The zero-order chi connectivity index (χ0) is 15.5. The van der Waals surface area contributed by atoms with Crippen LogP contribution in [0.2, 0.25) is 0 Å². The summed E-state index contributed by atoms with van der Waals surface area (Å²) in [5.74, 6) is -3.13. The van der Waals surface area contributed by atoms with E-state index in [1.54, 1.807) is 0 Å². The number of carbonyl (C=O) groups excluding carboxylic acids is 1. The number of hydrogen-bond acceptors (Lipinski definition) is 6. The Morgan fingerprint density at radius 3 is 2.60 bits per heavy atom. The number of rotatable bonds is 4. The van der Waals surface area contributed by atoms with Crippen LogP contribution < -0.4 is 4.74 Å². The van der Waals surface area contributed by atoms with Crippen molar-refractivity contribution in [2.24, 2.45) is 0 Å². The van der Waals surface area contributed by atoms with Crippen molar-refractivity contribution < 1.29 is 32.4 Å². The van der Waals surface area contributed by atoms with Crippen molar-refractivity contribution in [1.82, 2.24) is 4.98 Å². The lowest BCUT2D eigenvalue weighted by molar-refractivity contribution is -0.390. The van der Waals surface area contributed by atoms with E-state index in [2.05, 4.69) is 14.5 Å². The molecule has 0 fully saturated rings. The molecule has 110 valence electrons. The standard InChI is InChI=1S/C9H6F3IN2O5/c1-2-19-8(16)6-4(13)3-5(20-9(10,11)12)14-7(6)15(17)18/h3H,2H2,1H3. The number of pyridine rings is 1. The highest BCUT2D eigenvalue weighted by Crippen LogP contribution is 2.29. The molecule has 0 N–H and O–H groups in total. The molecule has 0 radical (unpaired) electrons. The van der Waals surface area contributed by atoms with Crippen LogP contribution in [0.5, 0.6) is 5.88 Å². The number of halogens is 4. The van der Waals surface area contributed by atoms with Crippen LogP contribution >= 0.6 is 22.6 Å². The van der Waals surface area contributed by atoms with Crippen LogP contribution in [0.1, 0.15) is 17.3 Å². The van der Waals surface area contributed by atoms with E-state index in [9.17, 15) is 28.1 Å². The Hall–Kier alpha value is -1.66. The highest BCUT2D eigenvalue weighted by molar-refractivity contribution is 14.1. The first-order valence-electron chi connectivity index (χ1n) is 4.93. The summed E-state index contributed by atoms with van der Waals surface area (Å²) in [5.41, 5.74) is -0.521. The van der Waals surface area contributed by atoms with E-state index in [0.29, 0.717) is 0 Å². The summed E-state index contributed by atoms with van der Waals surface area (Å²) in [7, 11) is 0. The molecule has 11 heteroatoms. The van der Waals surface area contributed by atoms with Crippen LogP contribution in [0.4, 0.5) is 19.0 Å². The average molecular weight is 406 g/mol. The van der Waals surface area contributed by atoms with Crippen molar-refractivity contribution >= 4 is 34.4 Å². The maximum Gasteiger partial charge on any atom is 0.575 e. The molecule has 1 heterocycles. The first kappa shape index (κ1) is 16.4. The molecule has 0 atom stereocenters. The summed E-state index contributed by atoms with van der Waals surface area (Å²) < 4.78 is 44.1. The number of aromatic nitrogens is 1. The molecule has 7 nitrogen and oxygen atoms in total. The van der Waals surface area contributed by atoms with E-state index >= 15 is 0 Å². The minimum atomic E-state index is -5.05. The molecule has 0 aliphatic rings. The normalized spacial score (nSPS) is 11.1. The Kier molecular flexibility index (Phi) is 5.08. The number of alkyl halides is 3. The van der Waals surface area contributed by atoms with Gasteiger partial charge in [0.05, 0.1) is 6.61 Å². The predicted molar refractivity (Wildman–Crippen MR) is 66.2 cm³/mol. The van der Waals surface area contributed by atoms with Gasteiger partial charge in [0.1, 0.15) is 0 Å². The zero-order valence-corrected chi connectivity index (χ0v) is 11.9. The van der Waals surface area contributed by atoms with E-state index in [1.807, 2.05) is 0 Å². The van der Waals surface area contributed by atoms with E-state index < -0.39 is 34.5 Å². The van der Waals surface area contributed by atoms with Gasteiger partial charge in [0, 0.05) is 14.6 Å². The molecule has 0 saturated carbocycles. The minimum Gasteiger partial charge on any atom is -0.462 e. The maximum absolute atomic E-state index is 12.1. The SMILES string of the molecule is CCOC(=O)c1c(I)cc(OC(F)(F)F)nc1[N+](=O)[O-]. The number of esters is 1. The summed E-state index contributed by atoms with van der Waals surface area (Å²) in [5, 5.41) is 10.8. The summed E-state index contributed by atoms with van der Waals surface area (Å²) in [6.45, 7) is 1.43. The molecule has 1 aromatic heterocycles. The van der Waals surface area contributed by atoms with Crippen molar-refractivity contribution in [3.63, 3.8) is 0 Å². The van der Waals surface area contributed by atoms with Crippen molar-refractivity contribution in [3.05, 3.63) is 25.3 Å². The van der Waals surface area contributed by atoms with E-state index in [4.69, 9.17) is 0 Å². The fourth-order valence-corrected chi connectivity index (χ4v) is 1.90. The van der Waals surface area contributed by atoms with Crippen molar-refractivity contribution in [1.29, 1.82) is 0 Å². The third kappa shape index (κ3) is 4.18. The Morgan fingerprint density at radius 1 is 1.55 bits per heavy atom. The number of nitrogens with zero attached hydrogens (tertiary/aromatic N) is 2. The van der Waals surface area contributed by atoms with E-state index in [-0.39, 0.29) is 10.2 Å². The van der Waals surface area contributed by atoms with Gasteiger partial charge in [0.2, 0.25) is 0 Å². The van der Waals surface area contributed by atoms with Crippen molar-refractivity contribution in [3.8, 4) is 5.88 Å². The molecule has 0 aliphatic heterocycles. The second-order valence-electron chi connectivity index (χ2n) is 3.17. The van der Waals surface area contributed by atoms with Gasteiger partial charge in [0.15, 0.2) is 5.56 Å². The average Bonchev–Trinajstić information content (AvgIpc) is 2.25. The number of nitro groups is 1. The zero-order valence-electron chi connectivity index (χ0n) is 9.73. The largest absolute Gasteiger partial charge is 0.575 e. The second kappa shape index (κ2) is 6.19. The molecule has 0 spiro atoms. The van der Waals surface area contributed by atoms with Gasteiger partial charge in [-0.2, -0.15) is 0 Å². The summed E-state index contributed by atoms with van der Waals surface area (Å²) in [6, 6.07) is 0.757. The highest BCUT2D eigenvalue weighted by atomic mass is 127. The lowest BCUT2D eigenvalue weighted by Crippen LogP contribution is -2.19. The van der Waals surface area contributed by atoms with Crippen LogP contribution in [0.15, 0.2) is 6.07 Å². The van der Waals surface area contributed by atoms with E-state index in [1.165, 1.54) is 29.5 Å². The molecule has 1 rings (SSSR count). The van der Waals surface area contributed by atoms with Gasteiger partial charge in [-0.1, -0.05) is 0 Å². The molecule has 0 aliphatic carbocycles. The Bertz CT molecular complexity index is 549. The summed E-state index contributed by atoms with van der Waals surface area (Å²) >= 11 is 1.46. The lowest BCUT2D eigenvalue weighted by Gasteiger charge is -2.08. The molecule has 0 saturated heterocycles. The first-order valence-corrected chi connectivity index (χ1v) is 6.01. The molecule has 1 aromatic rings. The lowest BCUT2D eigenvalue weighted by atomic mass is 10.2. The Balaban J connectivity index is 3.33. The summed E-state index contributed by atoms with van der Waals surface area (Å²) in [6.07, 6.45) is -5.05. The van der Waals surface area contributed by atoms with Gasteiger partial charge >= 0.3 is 24.0 Å². The van der Waals surface area contributed by atoms with E-state index in [0.717, 1.165) is 6.07 Å². The van der Waals surface area contributed by atoms with Crippen molar-refractivity contribution in [2.75, 3.05) is 6.61 Å². The molecule has 0 unspecified atom stereocenters. The van der Waals surface area contributed by atoms with Gasteiger partial charge < -0.3 is 19.6 Å². The Morgan fingerprint density at radius 2 is 2.15 bits per heavy atom. The molecular weight excluding hydrogens is 400 g/mol. The van der Waals surface area contributed by atoms with Gasteiger partial charge in [-0.3, -0.25) is 0 Å². The minimum absolute atomic E-state index is 0.0487. The smallest absolute Gasteiger partial charge is 0.462 e. The number of ether oxygens (including phenoxy) is 2. The highest BCUT2D eigenvalue weighted by Gasteiger charge is 2.36. The van der Waals surface area contributed by atoms with Gasteiger partial charge in [-0.25, -0.2) is 4.79 Å². The third-order valence-electron chi connectivity index (χ3n) is 1.80.